The highest BCUT2D eigenvalue weighted by Gasteiger charge is 2.25. The summed E-state index contributed by atoms with van der Waals surface area (Å²) >= 11 is 0. The molecule has 1 unspecified atom stereocenters. The smallest absolute Gasteiger partial charge is 0.191 e. The van der Waals surface area contributed by atoms with Crippen molar-refractivity contribution in [1.82, 2.24) is 20.4 Å². The summed E-state index contributed by atoms with van der Waals surface area (Å²) in [5.74, 6) is 1.16. The number of piperazine rings is 1. The van der Waals surface area contributed by atoms with Crippen LogP contribution in [-0.4, -0.2) is 68.6 Å². The maximum Gasteiger partial charge on any atom is 0.191 e. The zero-order valence-electron chi connectivity index (χ0n) is 17.3. The van der Waals surface area contributed by atoms with Gasteiger partial charge in [0.1, 0.15) is 5.82 Å². The summed E-state index contributed by atoms with van der Waals surface area (Å²) in [5.41, 5.74) is 1.58. The van der Waals surface area contributed by atoms with E-state index in [1.807, 2.05) is 12.1 Å². The molecule has 0 saturated carbocycles. The van der Waals surface area contributed by atoms with Crippen molar-refractivity contribution in [2.75, 3.05) is 46.8 Å². The van der Waals surface area contributed by atoms with Gasteiger partial charge < -0.3 is 15.5 Å². The summed E-state index contributed by atoms with van der Waals surface area (Å²) in [5, 5.41) is 6.73. The van der Waals surface area contributed by atoms with Crippen LogP contribution in [-0.2, 0) is 6.54 Å². The highest BCUT2D eigenvalue weighted by molar-refractivity contribution is 14.0. The fraction of sp³-hybridized carbons (Fsp3) is 0.650. The second-order valence-electron chi connectivity index (χ2n) is 7.54. The summed E-state index contributed by atoms with van der Waals surface area (Å²) in [4.78, 5) is 9.25. The third kappa shape index (κ3) is 7.54. The lowest BCUT2D eigenvalue weighted by atomic mass is 10.0. The molecular formula is C20H35FIN5. The Bertz CT molecular complexity index is 600. The van der Waals surface area contributed by atoms with Gasteiger partial charge >= 0.3 is 0 Å². The van der Waals surface area contributed by atoms with Crippen LogP contribution < -0.4 is 10.6 Å². The maximum atomic E-state index is 13.7. The van der Waals surface area contributed by atoms with Gasteiger partial charge in [-0.15, -0.1) is 24.0 Å². The Hall–Kier alpha value is -0.930. The number of halogens is 2. The molecule has 2 N–H and O–H groups in total. The normalized spacial score (nSPS) is 17.5. The van der Waals surface area contributed by atoms with Crippen LogP contribution in [0.15, 0.2) is 23.2 Å². The van der Waals surface area contributed by atoms with Crippen molar-refractivity contribution >= 4 is 29.9 Å². The Morgan fingerprint density at radius 3 is 2.41 bits per heavy atom. The van der Waals surface area contributed by atoms with E-state index >= 15 is 0 Å². The second-order valence-corrected chi connectivity index (χ2v) is 7.54. The lowest BCUT2D eigenvalue weighted by Gasteiger charge is -2.40. The Morgan fingerprint density at radius 1 is 1.19 bits per heavy atom. The number of aryl methyl sites for hydroxylation is 1. The lowest BCUT2D eigenvalue weighted by molar-refractivity contribution is 0.0900. The maximum absolute atomic E-state index is 13.7. The molecule has 1 aromatic rings. The van der Waals surface area contributed by atoms with Crippen LogP contribution in [0.4, 0.5) is 4.39 Å². The molecule has 1 aliphatic heterocycles. The first kappa shape index (κ1) is 24.1. The van der Waals surface area contributed by atoms with Gasteiger partial charge in [-0.05, 0) is 37.1 Å². The van der Waals surface area contributed by atoms with Gasteiger partial charge in [-0.25, -0.2) is 4.39 Å². The Balaban J connectivity index is 0.00000364. The van der Waals surface area contributed by atoms with E-state index in [-0.39, 0.29) is 29.8 Å². The first-order chi connectivity index (χ1) is 12.4. The van der Waals surface area contributed by atoms with Crippen molar-refractivity contribution in [2.45, 2.75) is 33.4 Å². The van der Waals surface area contributed by atoms with Crippen LogP contribution in [0.5, 0.6) is 0 Å². The van der Waals surface area contributed by atoms with Gasteiger partial charge in [0.05, 0.1) is 0 Å². The molecule has 7 heteroatoms. The molecule has 27 heavy (non-hydrogen) atoms. The third-order valence-electron chi connectivity index (χ3n) is 5.17. The van der Waals surface area contributed by atoms with E-state index in [1.165, 1.54) is 0 Å². The number of rotatable bonds is 6. The zero-order chi connectivity index (χ0) is 19.1. The van der Waals surface area contributed by atoms with Crippen molar-refractivity contribution in [3.63, 3.8) is 0 Å². The lowest BCUT2D eigenvalue weighted by Crippen LogP contribution is -2.55. The van der Waals surface area contributed by atoms with Crippen LogP contribution >= 0.6 is 24.0 Å². The number of hydrogen-bond acceptors (Lipinski definition) is 3. The molecule has 1 saturated heterocycles. The average Bonchev–Trinajstić information content (AvgIpc) is 2.62. The number of aliphatic imine (C=N–C) groups is 1. The van der Waals surface area contributed by atoms with Crippen molar-refractivity contribution in [1.29, 1.82) is 0 Å². The number of nitrogens with zero attached hydrogens (tertiary/aromatic N) is 3. The molecule has 154 valence electrons. The summed E-state index contributed by atoms with van der Waals surface area (Å²) in [6.45, 7) is 12.2. The molecule has 1 aromatic carbocycles. The Labute approximate surface area is 180 Å². The predicted octanol–water partition coefficient (Wildman–Crippen LogP) is 2.69. The van der Waals surface area contributed by atoms with Crippen molar-refractivity contribution in [3.8, 4) is 0 Å². The average molecular weight is 491 g/mol. The summed E-state index contributed by atoms with van der Waals surface area (Å²) in [6.07, 6.45) is 0. The van der Waals surface area contributed by atoms with Gasteiger partial charge in [-0.2, -0.15) is 0 Å². The quantitative estimate of drug-likeness (QED) is 0.365. The summed E-state index contributed by atoms with van der Waals surface area (Å²) < 4.78 is 13.7. The van der Waals surface area contributed by atoms with Gasteiger partial charge in [-0.3, -0.25) is 9.89 Å². The molecule has 0 amide bonds. The van der Waals surface area contributed by atoms with E-state index in [4.69, 9.17) is 0 Å². The predicted molar refractivity (Wildman–Crippen MR) is 122 cm³/mol. The van der Waals surface area contributed by atoms with E-state index in [2.05, 4.69) is 46.3 Å². The molecule has 0 bridgehead atoms. The fourth-order valence-corrected chi connectivity index (χ4v) is 3.29. The fourth-order valence-electron chi connectivity index (χ4n) is 3.29. The minimum atomic E-state index is -0.165. The number of guanidine groups is 1. The van der Waals surface area contributed by atoms with Crippen molar-refractivity contribution < 1.29 is 4.39 Å². The molecule has 1 heterocycles. The number of hydrogen-bond donors (Lipinski definition) is 2. The van der Waals surface area contributed by atoms with Crippen molar-refractivity contribution in [2.24, 2.45) is 10.9 Å². The van der Waals surface area contributed by atoms with Gasteiger partial charge in [0.2, 0.25) is 0 Å². The van der Waals surface area contributed by atoms with Crippen LogP contribution in [0.25, 0.3) is 0 Å². The zero-order valence-corrected chi connectivity index (χ0v) is 19.6. The summed E-state index contributed by atoms with van der Waals surface area (Å²) in [6, 6.07) is 5.81. The first-order valence-corrected chi connectivity index (χ1v) is 9.53. The van der Waals surface area contributed by atoms with Crippen LogP contribution in [0.1, 0.15) is 25.0 Å². The molecule has 0 aliphatic carbocycles. The minimum Gasteiger partial charge on any atom is -0.355 e. The molecule has 1 atom stereocenters. The highest BCUT2D eigenvalue weighted by Crippen LogP contribution is 2.13. The third-order valence-corrected chi connectivity index (χ3v) is 5.17. The van der Waals surface area contributed by atoms with Crippen molar-refractivity contribution in [3.05, 3.63) is 35.1 Å². The second kappa shape index (κ2) is 11.8. The molecule has 1 fully saturated rings. The van der Waals surface area contributed by atoms with E-state index in [9.17, 15) is 4.39 Å². The van der Waals surface area contributed by atoms with Crippen LogP contribution in [0.2, 0.25) is 0 Å². The molecule has 0 radical (unpaired) electrons. The monoisotopic (exact) mass is 491 g/mol. The van der Waals surface area contributed by atoms with Crippen LogP contribution in [0.3, 0.4) is 0 Å². The Kier molecular flexibility index (Phi) is 10.5. The largest absolute Gasteiger partial charge is 0.355 e. The van der Waals surface area contributed by atoms with Gasteiger partial charge in [0, 0.05) is 52.4 Å². The van der Waals surface area contributed by atoms with E-state index in [0.717, 1.165) is 44.2 Å². The SMILES string of the molecule is CN=C(NCc1ccc(C)c(F)c1)NCC(C(C)C)N1CCN(C)CC1.I. The molecule has 2 rings (SSSR count). The van der Waals surface area contributed by atoms with E-state index in [1.54, 1.807) is 20.0 Å². The van der Waals surface area contributed by atoms with Gasteiger partial charge in [0.15, 0.2) is 5.96 Å². The number of nitrogens with one attached hydrogen (secondary N) is 2. The molecule has 1 aliphatic rings. The topological polar surface area (TPSA) is 42.9 Å². The van der Waals surface area contributed by atoms with E-state index in [0.29, 0.717) is 24.1 Å². The first-order valence-electron chi connectivity index (χ1n) is 9.53. The minimum absolute atomic E-state index is 0. The van der Waals surface area contributed by atoms with E-state index < -0.39 is 0 Å². The molecule has 0 spiro atoms. The number of likely N-dealkylation sites (N-methyl/N-ethyl adjacent to an activating group) is 1. The molecule has 5 nitrogen and oxygen atoms in total. The van der Waals surface area contributed by atoms with Gasteiger partial charge in [-0.1, -0.05) is 26.0 Å². The Morgan fingerprint density at radius 2 is 1.85 bits per heavy atom. The molecule has 0 aromatic heterocycles. The van der Waals surface area contributed by atoms with Crippen LogP contribution in [0, 0.1) is 18.7 Å². The van der Waals surface area contributed by atoms with Gasteiger partial charge in [0.25, 0.3) is 0 Å². The standard InChI is InChI=1S/C20H34FN5.HI/c1-15(2)19(26-10-8-25(5)9-11-26)14-24-20(22-4)23-13-17-7-6-16(3)18(21)12-17;/h6-7,12,15,19H,8-11,13-14H2,1-5H3,(H2,22,23,24);1H. The summed E-state index contributed by atoms with van der Waals surface area (Å²) in [7, 11) is 3.95. The number of benzene rings is 1. The molecular weight excluding hydrogens is 456 g/mol. The highest BCUT2D eigenvalue weighted by atomic mass is 127.